The van der Waals surface area contributed by atoms with E-state index in [-0.39, 0.29) is 13.2 Å². The van der Waals surface area contributed by atoms with E-state index < -0.39 is 18.0 Å². The summed E-state index contributed by atoms with van der Waals surface area (Å²) in [6, 6.07) is 6.85. The highest BCUT2D eigenvalue weighted by atomic mass is 16.6. The average Bonchev–Trinajstić information content (AvgIpc) is 2.96. The van der Waals surface area contributed by atoms with Crippen LogP contribution in [-0.2, 0) is 19.1 Å². The van der Waals surface area contributed by atoms with Gasteiger partial charge in [0.25, 0.3) is 0 Å². The molecule has 1 fully saturated rings. The van der Waals surface area contributed by atoms with Crippen molar-refractivity contribution in [2.24, 2.45) is 0 Å². The largest absolute Gasteiger partial charge is 0.493 e. The lowest BCUT2D eigenvalue weighted by atomic mass is 10.2. The lowest BCUT2D eigenvalue weighted by molar-refractivity contribution is -0.156. The van der Waals surface area contributed by atoms with Gasteiger partial charge in [0.15, 0.2) is 18.1 Å². The number of esters is 2. The molecule has 1 atom stereocenters. The Balaban J connectivity index is 2.00. The normalized spacial score (nSPS) is 16.7. The van der Waals surface area contributed by atoms with Crippen LogP contribution in [0.25, 0.3) is 6.08 Å². The summed E-state index contributed by atoms with van der Waals surface area (Å²) in [7, 11) is 1.47. The molecule has 0 spiro atoms. The summed E-state index contributed by atoms with van der Waals surface area (Å²) in [5, 5.41) is 8.52. The summed E-state index contributed by atoms with van der Waals surface area (Å²) in [5.74, 6) is -0.275. The third-order valence-corrected chi connectivity index (χ3v) is 3.04. The van der Waals surface area contributed by atoms with E-state index in [0.717, 1.165) is 0 Å². The molecule has 0 aliphatic carbocycles. The molecule has 1 heterocycles. The minimum atomic E-state index is -0.830. The second-order valence-corrected chi connectivity index (χ2v) is 4.57. The third-order valence-electron chi connectivity index (χ3n) is 3.04. The lowest BCUT2D eigenvalue weighted by Gasteiger charge is -2.09. The van der Waals surface area contributed by atoms with Gasteiger partial charge in [0.2, 0.25) is 6.10 Å². The van der Waals surface area contributed by atoms with Gasteiger partial charge >= 0.3 is 11.9 Å². The highest BCUT2D eigenvalue weighted by molar-refractivity contribution is 5.89. The van der Waals surface area contributed by atoms with Gasteiger partial charge < -0.3 is 18.9 Å². The number of hydrogen-bond donors (Lipinski definition) is 0. The summed E-state index contributed by atoms with van der Waals surface area (Å²) < 4.78 is 20.1. The molecule has 0 N–H and O–H groups in total. The summed E-state index contributed by atoms with van der Waals surface area (Å²) >= 11 is 0. The molecular formula is C16H15NO6. The van der Waals surface area contributed by atoms with E-state index in [1.165, 1.54) is 19.3 Å². The molecule has 1 aromatic carbocycles. The Bertz CT molecular complexity index is 661. The Morgan fingerprint density at radius 2 is 2.30 bits per heavy atom. The van der Waals surface area contributed by atoms with Crippen molar-refractivity contribution in [3.63, 3.8) is 0 Å². The molecule has 7 heteroatoms. The number of hydrogen-bond acceptors (Lipinski definition) is 7. The predicted octanol–water partition coefficient (Wildman–Crippen LogP) is 1.47. The summed E-state index contributed by atoms with van der Waals surface area (Å²) in [6.45, 7) is 0.178. The maximum atomic E-state index is 11.7. The van der Waals surface area contributed by atoms with Gasteiger partial charge in [-0.25, -0.2) is 9.59 Å². The predicted molar refractivity (Wildman–Crippen MR) is 78.6 cm³/mol. The number of benzene rings is 1. The minimum Gasteiger partial charge on any atom is -0.493 e. The van der Waals surface area contributed by atoms with Crippen molar-refractivity contribution in [3.05, 3.63) is 29.8 Å². The first-order chi connectivity index (χ1) is 11.1. The zero-order valence-corrected chi connectivity index (χ0v) is 12.5. The number of carbonyl (C=O) groups is 2. The van der Waals surface area contributed by atoms with Crippen molar-refractivity contribution >= 4 is 18.0 Å². The average molecular weight is 317 g/mol. The zero-order valence-electron chi connectivity index (χ0n) is 12.5. The molecule has 1 aliphatic heterocycles. The maximum absolute atomic E-state index is 11.7. The molecular weight excluding hydrogens is 302 g/mol. The van der Waals surface area contributed by atoms with Crippen LogP contribution >= 0.6 is 0 Å². The number of nitrogens with zero attached hydrogens (tertiary/aromatic N) is 1. The fourth-order valence-corrected chi connectivity index (χ4v) is 1.95. The number of nitriles is 1. The van der Waals surface area contributed by atoms with E-state index in [4.69, 9.17) is 24.2 Å². The Hall–Kier alpha value is -3.01. The van der Waals surface area contributed by atoms with Crippen LogP contribution in [-0.4, -0.2) is 38.4 Å². The van der Waals surface area contributed by atoms with Crippen LogP contribution in [0.5, 0.6) is 11.5 Å². The van der Waals surface area contributed by atoms with Gasteiger partial charge in [-0.05, 0) is 23.8 Å². The van der Waals surface area contributed by atoms with Crippen molar-refractivity contribution in [1.29, 1.82) is 5.26 Å². The standard InChI is InChI=1S/C16H15NO6/c1-20-14-10-11(2-4-12(14)21-9-7-17)3-5-15(18)23-13-6-8-22-16(13)19/h2-5,10,13H,6,8-9H2,1H3/b5-3+/t13-/m0/s1. The van der Waals surface area contributed by atoms with Crippen LogP contribution in [0.3, 0.4) is 0 Å². The highest BCUT2D eigenvalue weighted by Gasteiger charge is 2.29. The van der Waals surface area contributed by atoms with Gasteiger partial charge in [0.1, 0.15) is 6.07 Å². The van der Waals surface area contributed by atoms with E-state index in [2.05, 4.69) is 0 Å². The first-order valence-corrected chi connectivity index (χ1v) is 6.87. The first-order valence-electron chi connectivity index (χ1n) is 6.87. The van der Waals surface area contributed by atoms with Crippen molar-refractivity contribution in [1.82, 2.24) is 0 Å². The SMILES string of the molecule is COc1cc(/C=C/C(=O)O[C@H]2CCOC2=O)ccc1OCC#N. The van der Waals surface area contributed by atoms with E-state index in [1.54, 1.807) is 18.2 Å². The number of methoxy groups -OCH3 is 1. The zero-order chi connectivity index (χ0) is 16.7. The van der Waals surface area contributed by atoms with Crippen LogP contribution < -0.4 is 9.47 Å². The van der Waals surface area contributed by atoms with Gasteiger partial charge in [-0.3, -0.25) is 0 Å². The molecule has 1 aliphatic rings. The quantitative estimate of drug-likeness (QED) is 0.579. The molecule has 7 nitrogen and oxygen atoms in total. The monoisotopic (exact) mass is 317 g/mol. The van der Waals surface area contributed by atoms with E-state index >= 15 is 0 Å². The minimum absolute atomic E-state index is 0.0879. The van der Waals surface area contributed by atoms with Crippen molar-refractivity contribution < 1.29 is 28.5 Å². The van der Waals surface area contributed by atoms with Crippen LogP contribution in [0.15, 0.2) is 24.3 Å². The topological polar surface area (TPSA) is 94.8 Å². The molecule has 120 valence electrons. The van der Waals surface area contributed by atoms with E-state index in [9.17, 15) is 9.59 Å². The first kappa shape index (κ1) is 16.4. The van der Waals surface area contributed by atoms with Crippen LogP contribution in [0.4, 0.5) is 0 Å². The summed E-state index contributed by atoms with van der Waals surface area (Å²) in [4.78, 5) is 22.9. The lowest BCUT2D eigenvalue weighted by Crippen LogP contribution is -2.21. The Morgan fingerprint density at radius 3 is 2.96 bits per heavy atom. The smallest absolute Gasteiger partial charge is 0.347 e. The van der Waals surface area contributed by atoms with Crippen LogP contribution in [0.1, 0.15) is 12.0 Å². The Labute approximate surface area is 133 Å². The summed E-state index contributed by atoms with van der Waals surface area (Å²) in [5.41, 5.74) is 0.678. The van der Waals surface area contributed by atoms with Gasteiger partial charge in [0, 0.05) is 12.5 Å². The second kappa shape index (κ2) is 7.84. The van der Waals surface area contributed by atoms with Gasteiger partial charge in [-0.15, -0.1) is 0 Å². The highest BCUT2D eigenvalue weighted by Crippen LogP contribution is 2.28. The second-order valence-electron chi connectivity index (χ2n) is 4.57. The molecule has 1 aromatic rings. The molecule has 0 saturated carbocycles. The molecule has 0 unspecified atom stereocenters. The van der Waals surface area contributed by atoms with Gasteiger partial charge in [-0.2, -0.15) is 5.26 Å². The Kier molecular flexibility index (Phi) is 5.58. The number of ether oxygens (including phenoxy) is 4. The third kappa shape index (κ3) is 4.48. The molecule has 1 saturated heterocycles. The summed E-state index contributed by atoms with van der Waals surface area (Å²) in [6.07, 6.45) is 2.29. The molecule has 0 aromatic heterocycles. The molecule has 23 heavy (non-hydrogen) atoms. The van der Waals surface area contributed by atoms with Crippen molar-refractivity contribution in [2.45, 2.75) is 12.5 Å². The number of carbonyl (C=O) groups excluding carboxylic acids is 2. The molecule has 0 radical (unpaired) electrons. The van der Waals surface area contributed by atoms with Gasteiger partial charge in [-0.1, -0.05) is 6.07 Å². The maximum Gasteiger partial charge on any atom is 0.347 e. The van der Waals surface area contributed by atoms with Gasteiger partial charge in [0.05, 0.1) is 13.7 Å². The number of rotatable bonds is 6. The molecule has 0 bridgehead atoms. The van der Waals surface area contributed by atoms with Crippen molar-refractivity contribution in [3.8, 4) is 17.6 Å². The fourth-order valence-electron chi connectivity index (χ4n) is 1.95. The van der Waals surface area contributed by atoms with Crippen LogP contribution in [0, 0.1) is 11.3 Å². The number of cyclic esters (lactones) is 1. The van der Waals surface area contributed by atoms with Crippen molar-refractivity contribution in [2.75, 3.05) is 20.3 Å². The molecule has 0 amide bonds. The fraction of sp³-hybridized carbons (Fsp3) is 0.312. The van der Waals surface area contributed by atoms with E-state index in [0.29, 0.717) is 23.5 Å². The van der Waals surface area contributed by atoms with Crippen LogP contribution in [0.2, 0.25) is 0 Å². The Morgan fingerprint density at radius 1 is 1.48 bits per heavy atom. The molecule has 2 rings (SSSR count). The van der Waals surface area contributed by atoms with E-state index in [1.807, 2.05) is 6.07 Å².